The van der Waals surface area contributed by atoms with Gasteiger partial charge in [-0.1, -0.05) is 11.6 Å². The van der Waals surface area contributed by atoms with Crippen molar-refractivity contribution < 1.29 is 22.6 Å². The van der Waals surface area contributed by atoms with Gasteiger partial charge in [0.1, 0.15) is 17.2 Å². The van der Waals surface area contributed by atoms with Crippen molar-refractivity contribution in [2.24, 2.45) is 0 Å². The molecule has 2 aromatic carbocycles. The Hall–Kier alpha value is -1.64. The number of methoxy groups -OCH3 is 3. The maximum absolute atomic E-state index is 12.6. The van der Waals surface area contributed by atoms with Crippen molar-refractivity contribution in [3.05, 3.63) is 39.8 Å². The van der Waals surface area contributed by atoms with E-state index in [0.29, 0.717) is 21.0 Å². The molecule has 1 N–H and O–H groups in total. The van der Waals surface area contributed by atoms with Crippen LogP contribution in [0.1, 0.15) is 0 Å². The number of sulfonamides is 1. The quantitative estimate of drug-likeness (QED) is 0.743. The van der Waals surface area contributed by atoms with E-state index in [-0.39, 0.29) is 16.3 Å². The highest BCUT2D eigenvalue weighted by Crippen LogP contribution is 2.37. The third kappa shape index (κ3) is 3.88. The summed E-state index contributed by atoms with van der Waals surface area (Å²) in [6, 6.07) is 7.38. The molecule has 0 radical (unpaired) electrons. The van der Waals surface area contributed by atoms with Gasteiger partial charge in [0.2, 0.25) is 0 Å². The number of nitrogens with one attached hydrogen (secondary N) is 1. The van der Waals surface area contributed by atoms with Gasteiger partial charge in [0.25, 0.3) is 10.0 Å². The zero-order valence-corrected chi connectivity index (χ0v) is 16.3. The first-order valence-corrected chi connectivity index (χ1v) is 9.25. The highest BCUT2D eigenvalue weighted by atomic mass is 79.9. The molecule has 0 spiro atoms. The van der Waals surface area contributed by atoms with Crippen LogP contribution in [0.2, 0.25) is 5.02 Å². The van der Waals surface area contributed by atoms with Crippen LogP contribution >= 0.6 is 27.5 Å². The lowest BCUT2D eigenvalue weighted by atomic mass is 10.3. The second-order valence-electron chi connectivity index (χ2n) is 4.59. The predicted octanol–water partition coefficient (Wildman–Crippen LogP) is 3.93. The fourth-order valence-corrected chi connectivity index (χ4v) is 3.67. The first-order valence-electron chi connectivity index (χ1n) is 6.60. The van der Waals surface area contributed by atoms with E-state index in [1.807, 2.05) is 0 Å². The molecule has 0 aromatic heterocycles. The Balaban J connectivity index is 2.46. The summed E-state index contributed by atoms with van der Waals surface area (Å²) < 4.78 is 43.8. The van der Waals surface area contributed by atoms with Crippen LogP contribution in [0, 0.1) is 0 Å². The molecule has 0 aliphatic rings. The van der Waals surface area contributed by atoms with E-state index >= 15 is 0 Å². The topological polar surface area (TPSA) is 73.9 Å². The summed E-state index contributed by atoms with van der Waals surface area (Å²) in [7, 11) is 0.444. The summed E-state index contributed by atoms with van der Waals surface area (Å²) in [5.74, 6) is 0.996. The van der Waals surface area contributed by atoms with Gasteiger partial charge in [-0.3, -0.25) is 4.72 Å². The lowest BCUT2D eigenvalue weighted by molar-refractivity contribution is 0.405. The number of hydrogen-bond donors (Lipinski definition) is 1. The molecule has 6 nitrogen and oxygen atoms in total. The molecule has 0 aliphatic carbocycles. The molecule has 0 saturated carbocycles. The van der Waals surface area contributed by atoms with Crippen LogP contribution in [0.25, 0.3) is 0 Å². The van der Waals surface area contributed by atoms with E-state index in [1.54, 1.807) is 6.07 Å². The fourth-order valence-electron chi connectivity index (χ4n) is 1.95. The van der Waals surface area contributed by atoms with Crippen LogP contribution in [-0.4, -0.2) is 29.7 Å². The Bertz CT molecular complexity index is 857. The zero-order valence-electron chi connectivity index (χ0n) is 13.1. The van der Waals surface area contributed by atoms with Crippen LogP contribution in [0.5, 0.6) is 17.2 Å². The molecule has 0 amide bonds. The second kappa shape index (κ2) is 7.50. The van der Waals surface area contributed by atoms with Crippen molar-refractivity contribution in [3.63, 3.8) is 0 Å². The minimum absolute atomic E-state index is 0.0403. The molecule has 0 fully saturated rings. The van der Waals surface area contributed by atoms with Gasteiger partial charge in [0.05, 0.1) is 41.4 Å². The maximum Gasteiger partial charge on any atom is 0.262 e. The summed E-state index contributed by atoms with van der Waals surface area (Å²) in [5, 5.41) is 0.308. The van der Waals surface area contributed by atoms with E-state index in [4.69, 9.17) is 25.8 Å². The average Bonchev–Trinajstić information content (AvgIpc) is 2.56. The van der Waals surface area contributed by atoms with Crippen molar-refractivity contribution >= 4 is 43.2 Å². The van der Waals surface area contributed by atoms with Gasteiger partial charge in [-0.05, 0) is 28.1 Å². The number of benzene rings is 2. The van der Waals surface area contributed by atoms with Crippen LogP contribution in [-0.2, 0) is 10.0 Å². The van der Waals surface area contributed by atoms with Gasteiger partial charge in [0.15, 0.2) is 0 Å². The molecule has 9 heteroatoms. The lowest BCUT2D eigenvalue weighted by Crippen LogP contribution is -2.14. The molecule has 0 bridgehead atoms. The van der Waals surface area contributed by atoms with E-state index < -0.39 is 10.0 Å². The highest BCUT2D eigenvalue weighted by molar-refractivity contribution is 9.10. The van der Waals surface area contributed by atoms with Crippen LogP contribution in [0.3, 0.4) is 0 Å². The van der Waals surface area contributed by atoms with Crippen molar-refractivity contribution in [2.75, 3.05) is 26.1 Å². The SMILES string of the molecule is COc1cc(NS(=O)(=O)c2ccc(Br)c(OC)c2)c(OC)cc1Cl. The minimum Gasteiger partial charge on any atom is -0.496 e. The summed E-state index contributed by atoms with van der Waals surface area (Å²) in [6.07, 6.45) is 0. The summed E-state index contributed by atoms with van der Waals surface area (Å²) >= 11 is 9.30. The molecule has 0 saturated heterocycles. The average molecular weight is 437 g/mol. The first kappa shape index (κ1) is 18.7. The molecule has 0 atom stereocenters. The molecule has 130 valence electrons. The first-order chi connectivity index (χ1) is 11.3. The van der Waals surface area contributed by atoms with E-state index in [9.17, 15) is 8.42 Å². The fraction of sp³-hybridized carbons (Fsp3) is 0.200. The largest absolute Gasteiger partial charge is 0.496 e. The van der Waals surface area contributed by atoms with Crippen LogP contribution in [0.4, 0.5) is 5.69 Å². The van der Waals surface area contributed by atoms with Gasteiger partial charge in [-0.15, -0.1) is 0 Å². The number of rotatable bonds is 6. The van der Waals surface area contributed by atoms with Crippen LogP contribution < -0.4 is 18.9 Å². The smallest absolute Gasteiger partial charge is 0.262 e. The van der Waals surface area contributed by atoms with Gasteiger partial charge in [0, 0.05) is 18.2 Å². The minimum atomic E-state index is -3.86. The Morgan fingerprint density at radius 3 is 2.17 bits per heavy atom. The molecular formula is C15H15BrClNO5S. The standard InChI is InChI=1S/C15H15BrClNO5S/c1-21-13-6-9(4-5-10(13)16)24(19,20)18-12-8-14(22-2)11(17)7-15(12)23-3/h4-8,18H,1-3H3. The molecular weight excluding hydrogens is 422 g/mol. The zero-order chi connectivity index (χ0) is 17.9. The molecule has 2 rings (SSSR count). The maximum atomic E-state index is 12.6. The van der Waals surface area contributed by atoms with Gasteiger partial charge in [-0.25, -0.2) is 8.42 Å². The van der Waals surface area contributed by atoms with Crippen molar-refractivity contribution in [2.45, 2.75) is 4.90 Å². The third-order valence-electron chi connectivity index (χ3n) is 3.15. The van der Waals surface area contributed by atoms with E-state index in [0.717, 1.165) is 0 Å². The van der Waals surface area contributed by atoms with E-state index in [2.05, 4.69) is 20.7 Å². The summed E-state index contributed by atoms with van der Waals surface area (Å²) in [6.45, 7) is 0. The molecule has 0 unspecified atom stereocenters. The number of ether oxygens (including phenoxy) is 3. The summed E-state index contributed by atoms with van der Waals surface area (Å²) in [5.41, 5.74) is 0.209. The van der Waals surface area contributed by atoms with Gasteiger partial charge in [-0.2, -0.15) is 0 Å². The van der Waals surface area contributed by atoms with Gasteiger partial charge < -0.3 is 14.2 Å². The van der Waals surface area contributed by atoms with Crippen LogP contribution in [0.15, 0.2) is 39.7 Å². The Morgan fingerprint density at radius 2 is 1.58 bits per heavy atom. The molecule has 2 aromatic rings. The second-order valence-corrected chi connectivity index (χ2v) is 7.53. The highest BCUT2D eigenvalue weighted by Gasteiger charge is 2.20. The van der Waals surface area contributed by atoms with Gasteiger partial charge >= 0.3 is 0 Å². The predicted molar refractivity (Wildman–Crippen MR) is 96.1 cm³/mol. The molecule has 0 heterocycles. The summed E-state index contributed by atoms with van der Waals surface area (Å²) in [4.78, 5) is 0.0403. The Morgan fingerprint density at radius 1 is 0.958 bits per heavy atom. The van der Waals surface area contributed by atoms with Crippen molar-refractivity contribution in [3.8, 4) is 17.2 Å². The number of hydrogen-bond acceptors (Lipinski definition) is 5. The van der Waals surface area contributed by atoms with Crippen molar-refractivity contribution in [1.29, 1.82) is 0 Å². The lowest BCUT2D eigenvalue weighted by Gasteiger charge is -2.15. The molecule has 0 aliphatic heterocycles. The third-order valence-corrected chi connectivity index (χ3v) is 5.46. The normalized spacial score (nSPS) is 11.0. The number of anilines is 1. The Kier molecular flexibility index (Phi) is 5.84. The van der Waals surface area contributed by atoms with Crippen molar-refractivity contribution in [1.82, 2.24) is 0 Å². The Labute approximate surface area is 153 Å². The molecule has 24 heavy (non-hydrogen) atoms. The number of halogens is 2. The monoisotopic (exact) mass is 435 g/mol. The van der Waals surface area contributed by atoms with E-state index in [1.165, 1.54) is 45.6 Å².